The topological polar surface area (TPSA) is 64.5 Å². The lowest BCUT2D eigenvalue weighted by Gasteiger charge is -2.39. The Hall–Kier alpha value is -0.986. The molecule has 10 heteroatoms. The zero-order valence-corrected chi connectivity index (χ0v) is 38.0. The van der Waals surface area contributed by atoms with Crippen LogP contribution in [0, 0.1) is 13.8 Å². The highest BCUT2D eigenvalue weighted by molar-refractivity contribution is 9.09. The second-order valence-electron chi connectivity index (χ2n) is 16.0. The molecule has 0 unspecified atom stereocenters. The molecule has 2 rings (SSSR count). The van der Waals surface area contributed by atoms with Gasteiger partial charge in [-0.25, -0.2) is 9.97 Å². The number of aromatic nitrogens is 2. The van der Waals surface area contributed by atoms with Crippen LogP contribution in [0.3, 0.4) is 0 Å². The quantitative estimate of drug-likeness (QED) is 0.117. The first-order valence-corrected chi connectivity index (χ1v) is 25.7. The van der Waals surface area contributed by atoms with E-state index in [4.69, 9.17) is 8.85 Å². The average Bonchev–Trinajstić information content (AvgIpc) is 3.58. The van der Waals surface area contributed by atoms with Gasteiger partial charge in [-0.3, -0.25) is 0 Å². The molecule has 0 saturated heterocycles. The van der Waals surface area contributed by atoms with Crippen molar-refractivity contribution in [3.63, 3.8) is 0 Å². The number of aryl methyl sites for hydroxylation is 2. The number of hydrogen-bond donors (Lipinski definition) is 1. The highest BCUT2D eigenvalue weighted by Gasteiger charge is 2.40. The molecule has 0 spiro atoms. The minimum Gasteiger partial charge on any atom is -0.410 e. The third kappa shape index (κ3) is 15.5. The molecule has 0 amide bonds. The molecule has 0 aliphatic heterocycles. The molecule has 0 fully saturated rings. The summed E-state index contributed by atoms with van der Waals surface area (Å²) >= 11 is 6.88. The van der Waals surface area contributed by atoms with Gasteiger partial charge in [-0.1, -0.05) is 80.8 Å². The number of nitrogens with zero attached hydrogens (tertiary/aromatic N) is 2. The van der Waals surface area contributed by atoms with Crippen LogP contribution in [0.1, 0.15) is 103 Å². The van der Waals surface area contributed by atoms with Crippen LogP contribution in [-0.2, 0) is 8.85 Å². The van der Waals surface area contributed by atoms with Crippen molar-refractivity contribution in [2.75, 3.05) is 11.9 Å². The van der Waals surface area contributed by atoms with Gasteiger partial charge >= 0.3 is 0 Å². The predicted molar refractivity (Wildman–Crippen MR) is 223 cm³/mol. The molecule has 0 radical (unpaired) electrons. The molecule has 5 nitrogen and oxygen atoms in total. The third-order valence-electron chi connectivity index (χ3n) is 9.35. The van der Waals surface area contributed by atoms with Crippen LogP contribution >= 0.6 is 38.6 Å². The third-order valence-corrected chi connectivity index (χ3v) is 20.8. The van der Waals surface area contributed by atoms with Gasteiger partial charge in [0.2, 0.25) is 0 Å². The summed E-state index contributed by atoms with van der Waals surface area (Å²) in [6, 6.07) is 0. The van der Waals surface area contributed by atoms with Crippen LogP contribution in [0.5, 0.6) is 0 Å². The predicted octanol–water partition coefficient (Wildman–Crippen LogP) is 12.6. The Kier molecular flexibility index (Phi) is 18.4. The lowest BCUT2D eigenvalue weighted by molar-refractivity contribution is 0.217. The highest BCUT2D eigenvalue weighted by Crippen LogP contribution is 2.40. The molecule has 0 bridgehead atoms. The fourth-order valence-electron chi connectivity index (χ4n) is 4.00. The van der Waals surface area contributed by atoms with E-state index in [-0.39, 0.29) is 28.9 Å². The molecule has 48 heavy (non-hydrogen) atoms. The molecule has 1 N–H and O–H groups in total. The molecular weight excluding hydrogens is 733 g/mol. The summed E-state index contributed by atoms with van der Waals surface area (Å²) in [5.74, 6) is 0. The van der Waals surface area contributed by atoms with E-state index in [0.717, 1.165) is 45.1 Å². The van der Waals surface area contributed by atoms with E-state index in [1.165, 1.54) is 16.7 Å². The van der Waals surface area contributed by atoms with Crippen molar-refractivity contribution in [3.05, 3.63) is 66.6 Å². The summed E-state index contributed by atoms with van der Waals surface area (Å²) in [7, 11) is -3.70. The van der Waals surface area contributed by atoms with E-state index >= 15 is 0 Å². The van der Waals surface area contributed by atoms with Crippen molar-refractivity contribution in [1.29, 1.82) is 0 Å². The Bertz CT molecular complexity index is 1300. The van der Waals surface area contributed by atoms with Crippen molar-refractivity contribution < 1.29 is 14.0 Å². The van der Waals surface area contributed by atoms with Gasteiger partial charge in [0.1, 0.15) is 0 Å². The Morgan fingerprint density at radius 2 is 1.10 bits per heavy atom. The van der Waals surface area contributed by atoms with Crippen LogP contribution in [0.2, 0.25) is 36.3 Å². The number of thiazole rings is 2. The van der Waals surface area contributed by atoms with Gasteiger partial charge in [0.15, 0.2) is 16.6 Å². The fourth-order valence-corrected chi connectivity index (χ4v) is 8.06. The van der Waals surface area contributed by atoms with E-state index in [2.05, 4.69) is 149 Å². The fraction of sp³-hybridized carbons (Fsp3) is 0.632. The number of aliphatic hydroxyl groups is 1. The smallest absolute Gasteiger partial charge is 0.192 e. The molecule has 0 saturated carbocycles. The van der Waals surface area contributed by atoms with Gasteiger partial charge in [0, 0.05) is 16.1 Å². The Balaban J connectivity index is 0.000000480. The molecule has 2 aromatic heterocycles. The van der Waals surface area contributed by atoms with E-state index < -0.39 is 16.6 Å². The number of hydrogen-bond acceptors (Lipinski definition) is 7. The lowest BCUT2D eigenvalue weighted by atomic mass is 10.1. The first kappa shape index (κ1) is 45.0. The van der Waals surface area contributed by atoms with Gasteiger partial charge < -0.3 is 14.0 Å². The van der Waals surface area contributed by atoms with Crippen molar-refractivity contribution in [1.82, 2.24) is 9.97 Å². The Labute approximate surface area is 312 Å². The van der Waals surface area contributed by atoms with Crippen molar-refractivity contribution in [3.8, 4) is 0 Å². The SMILES string of the molecule is C/C(=C/C[C@H](O[Si](C)(C)C(C)(C)C)/C(C)=C/c1csc(C)n1)CBr.C/C(=C/C[C@H](O[Si](C)(C)C(C)(C)C)/C(C)=C/c1csc(C)n1)CO. The normalized spacial score (nSPS) is 15.7. The summed E-state index contributed by atoms with van der Waals surface area (Å²) < 4.78 is 13.4. The maximum absolute atomic E-state index is 9.26. The van der Waals surface area contributed by atoms with E-state index in [0.29, 0.717) is 0 Å². The van der Waals surface area contributed by atoms with E-state index in [9.17, 15) is 5.11 Å². The standard InChI is InChI=1S/C19H32BrNOSSi.C19H33NO2SSi/c1-14(12-20)9-10-18(22-24(7,8)19(4,5)6)15(2)11-17-13-23-16(3)21-17;1-14(12-21)9-10-18(22-24(7,8)19(4,5)6)15(2)11-17-13-23-16(3)20-17/h9,11,13,18H,10,12H2,1-8H3;9,11,13,18,21H,10,12H2,1-8H3/b2*14-9-,15-11+/t2*18-/m00/s1. The second-order valence-corrected chi connectivity index (χ2v) is 28.2. The van der Waals surface area contributed by atoms with Crippen LogP contribution in [0.15, 0.2) is 45.2 Å². The number of halogens is 1. The molecule has 0 aliphatic rings. The van der Waals surface area contributed by atoms with Gasteiger partial charge in [-0.2, -0.15) is 0 Å². The molecule has 0 aliphatic carbocycles. The van der Waals surface area contributed by atoms with Crippen molar-refractivity contribution in [2.45, 2.75) is 144 Å². The van der Waals surface area contributed by atoms with Gasteiger partial charge in [0.25, 0.3) is 0 Å². The molecule has 2 atom stereocenters. The molecule has 272 valence electrons. The molecule has 2 aromatic rings. The van der Waals surface area contributed by atoms with Crippen molar-refractivity contribution >= 4 is 67.4 Å². The number of allylic oxidation sites excluding steroid dienone is 1. The van der Waals surface area contributed by atoms with Gasteiger partial charge in [-0.15, -0.1) is 22.7 Å². The Morgan fingerprint density at radius 3 is 1.38 bits per heavy atom. The number of aliphatic hydroxyl groups excluding tert-OH is 1. The average molecular weight is 798 g/mol. The first-order chi connectivity index (χ1) is 21.9. The maximum atomic E-state index is 9.26. The largest absolute Gasteiger partial charge is 0.410 e. The summed E-state index contributed by atoms with van der Waals surface area (Å²) in [4.78, 5) is 9.10. The highest BCUT2D eigenvalue weighted by atomic mass is 79.9. The summed E-state index contributed by atoms with van der Waals surface area (Å²) in [5.41, 5.74) is 6.81. The van der Waals surface area contributed by atoms with Crippen LogP contribution in [0.25, 0.3) is 12.2 Å². The second kappa shape index (κ2) is 19.6. The van der Waals surface area contributed by atoms with Gasteiger partial charge in [-0.05, 0) is 114 Å². The maximum Gasteiger partial charge on any atom is 0.192 e. The zero-order valence-electron chi connectivity index (χ0n) is 32.8. The number of alkyl halides is 1. The van der Waals surface area contributed by atoms with E-state index in [1.54, 1.807) is 22.7 Å². The Morgan fingerprint density at radius 1 is 0.750 bits per heavy atom. The minimum absolute atomic E-state index is 0.0226. The number of rotatable bonds is 14. The van der Waals surface area contributed by atoms with Crippen molar-refractivity contribution in [2.24, 2.45) is 0 Å². The minimum atomic E-state index is -1.88. The first-order valence-electron chi connectivity index (χ1n) is 17.0. The van der Waals surface area contributed by atoms with Crippen LogP contribution < -0.4 is 0 Å². The monoisotopic (exact) mass is 796 g/mol. The molecular formula is C38H65BrN2O3S2Si2. The molecule has 2 heterocycles. The summed E-state index contributed by atoms with van der Waals surface area (Å²) in [6.07, 6.45) is 10.5. The van der Waals surface area contributed by atoms with Crippen LogP contribution in [0.4, 0.5) is 0 Å². The van der Waals surface area contributed by atoms with E-state index in [1.807, 2.05) is 20.8 Å². The summed E-state index contributed by atoms with van der Waals surface area (Å²) in [5, 5.41) is 16.9. The summed E-state index contributed by atoms with van der Waals surface area (Å²) in [6.45, 7) is 35.4. The lowest BCUT2D eigenvalue weighted by Crippen LogP contribution is -2.44. The van der Waals surface area contributed by atoms with Crippen LogP contribution in [-0.4, -0.2) is 55.9 Å². The zero-order chi connectivity index (χ0) is 37.1. The van der Waals surface area contributed by atoms with Gasteiger partial charge in [0.05, 0.1) is 40.2 Å². The molecule has 0 aromatic carbocycles.